The van der Waals surface area contributed by atoms with Crippen molar-refractivity contribution in [2.45, 2.75) is 51.1 Å². The highest BCUT2D eigenvalue weighted by Gasteiger charge is 2.38. The number of unbranched alkanes of at least 4 members (excludes halogenated alkanes) is 1. The van der Waals surface area contributed by atoms with Gasteiger partial charge in [-0.1, -0.05) is 60.7 Å². The van der Waals surface area contributed by atoms with E-state index in [1.807, 2.05) is 72.8 Å². The molecule has 0 aliphatic rings. The first-order valence-electron chi connectivity index (χ1n) is 15.4. The van der Waals surface area contributed by atoms with E-state index in [9.17, 15) is 32.7 Å². The molecule has 11 nitrogen and oxygen atoms in total. The molecule has 0 fully saturated rings. The van der Waals surface area contributed by atoms with Gasteiger partial charge in [-0.05, 0) is 67.6 Å². The van der Waals surface area contributed by atoms with E-state index in [0.717, 1.165) is 11.1 Å². The molecule has 0 bridgehead atoms. The Morgan fingerprint density at radius 3 is 2.10 bits per heavy atom. The molecule has 14 heteroatoms. The number of aromatic nitrogens is 1. The number of nitrogens with one attached hydrogen (secondary N) is 1. The Kier molecular flexibility index (Phi) is 14.2. The molecule has 1 heterocycles. The van der Waals surface area contributed by atoms with Crippen molar-refractivity contribution in [2.24, 2.45) is 5.73 Å². The van der Waals surface area contributed by atoms with Crippen LogP contribution in [0.3, 0.4) is 0 Å². The third kappa shape index (κ3) is 12.0. The summed E-state index contributed by atoms with van der Waals surface area (Å²) in [6.45, 7) is 1.27. The number of nitrogens with two attached hydrogens (primary N) is 1. The monoisotopic (exact) mass is 684 g/mol. The van der Waals surface area contributed by atoms with Crippen molar-refractivity contribution in [2.75, 3.05) is 20.1 Å². The van der Waals surface area contributed by atoms with Gasteiger partial charge in [0.05, 0.1) is 0 Å². The van der Waals surface area contributed by atoms with Gasteiger partial charge in [-0.3, -0.25) is 9.59 Å². The van der Waals surface area contributed by atoms with Crippen LogP contribution in [0.1, 0.15) is 40.9 Å². The number of ether oxygens (including phenoxy) is 1. The van der Waals surface area contributed by atoms with Crippen LogP contribution in [0.4, 0.5) is 13.2 Å². The molecule has 1 atom stereocenters. The number of nitrogens with zero attached hydrogens (tertiary/aromatic N) is 2. The van der Waals surface area contributed by atoms with E-state index in [0.29, 0.717) is 55.6 Å². The van der Waals surface area contributed by atoms with Crippen LogP contribution in [-0.2, 0) is 34.0 Å². The Morgan fingerprint density at radius 2 is 1.53 bits per heavy atom. The summed E-state index contributed by atoms with van der Waals surface area (Å²) >= 11 is 0. The first-order valence-corrected chi connectivity index (χ1v) is 15.4. The molecule has 0 aliphatic carbocycles. The smallest absolute Gasteiger partial charge is 0.489 e. The lowest BCUT2D eigenvalue weighted by molar-refractivity contribution is -0.192. The van der Waals surface area contributed by atoms with Crippen LogP contribution < -0.4 is 15.8 Å². The topological polar surface area (TPSA) is 164 Å². The van der Waals surface area contributed by atoms with Crippen molar-refractivity contribution in [3.63, 3.8) is 0 Å². The van der Waals surface area contributed by atoms with Crippen LogP contribution in [0.15, 0.2) is 84.9 Å². The molecule has 5 N–H and O–H groups in total. The van der Waals surface area contributed by atoms with Crippen molar-refractivity contribution in [3.05, 3.63) is 102 Å². The summed E-state index contributed by atoms with van der Waals surface area (Å²) in [6, 6.07) is 25.8. The first kappa shape index (κ1) is 38.1. The number of carboxylic acids is 2. The molecule has 0 aliphatic heterocycles. The lowest BCUT2D eigenvalue weighted by Gasteiger charge is -2.20. The van der Waals surface area contributed by atoms with Crippen LogP contribution in [0.25, 0.3) is 10.9 Å². The molecular weight excluding hydrogens is 645 g/mol. The van der Waals surface area contributed by atoms with Gasteiger partial charge < -0.3 is 35.5 Å². The molecule has 0 saturated carbocycles. The minimum Gasteiger partial charge on any atom is -0.489 e. The average Bonchev–Trinajstić information content (AvgIpc) is 3.43. The Labute approximate surface area is 281 Å². The largest absolute Gasteiger partial charge is 0.490 e. The maximum atomic E-state index is 13.5. The number of benzene rings is 3. The fourth-order valence-corrected chi connectivity index (χ4v) is 4.74. The number of carboxylic acid groups (broad SMARTS) is 2. The molecule has 3 aromatic carbocycles. The molecule has 4 aromatic rings. The number of carbonyl (C=O) groups is 4. The van der Waals surface area contributed by atoms with Crippen molar-refractivity contribution in [1.82, 2.24) is 14.8 Å². The van der Waals surface area contributed by atoms with Crippen LogP contribution in [0, 0.1) is 0 Å². The van der Waals surface area contributed by atoms with Crippen LogP contribution in [0.2, 0.25) is 0 Å². The van der Waals surface area contributed by atoms with Gasteiger partial charge in [0.1, 0.15) is 30.6 Å². The van der Waals surface area contributed by atoms with Crippen LogP contribution in [-0.4, -0.2) is 75.8 Å². The number of hydrogen-bond donors (Lipinski definition) is 4. The average molecular weight is 685 g/mol. The zero-order valence-corrected chi connectivity index (χ0v) is 26.9. The number of carbonyl (C=O) groups excluding carboxylic acids is 2. The number of alkyl halides is 3. The SMILES string of the molecule is CN(CCc1ccccc1)C(=O)Cn1c(C(=O)NC(CCCCN)C(=O)O)cc2cc(OCc3ccccc3)ccc21.O=C(O)C(F)(F)F. The van der Waals surface area contributed by atoms with Gasteiger partial charge in [0.2, 0.25) is 5.91 Å². The molecule has 0 spiro atoms. The lowest BCUT2D eigenvalue weighted by atomic mass is 10.1. The number of aliphatic carboxylic acids is 2. The first-order chi connectivity index (χ1) is 23.3. The van der Waals surface area contributed by atoms with Gasteiger partial charge in [0, 0.05) is 24.5 Å². The van der Waals surface area contributed by atoms with E-state index in [4.69, 9.17) is 20.4 Å². The van der Waals surface area contributed by atoms with Gasteiger partial charge >= 0.3 is 18.1 Å². The Morgan fingerprint density at radius 1 is 0.918 bits per heavy atom. The number of fused-ring (bicyclic) bond motifs is 1. The fraction of sp³-hybridized carbons (Fsp3) is 0.314. The molecular formula is C35H39F3N4O7. The Balaban J connectivity index is 0.000000838. The van der Waals surface area contributed by atoms with Gasteiger partial charge in [-0.25, -0.2) is 9.59 Å². The lowest BCUT2D eigenvalue weighted by Crippen LogP contribution is -2.42. The minimum absolute atomic E-state index is 0.0767. The second kappa shape index (κ2) is 18.2. The van der Waals surface area contributed by atoms with E-state index >= 15 is 0 Å². The number of hydrogen-bond acceptors (Lipinski definition) is 6. The summed E-state index contributed by atoms with van der Waals surface area (Å²) in [5, 5.41) is 20.2. The third-order valence-corrected chi connectivity index (χ3v) is 7.44. The van der Waals surface area contributed by atoms with Crippen LogP contribution in [0.5, 0.6) is 5.75 Å². The molecule has 262 valence electrons. The summed E-state index contributed by atoms with van der Waals surface area (Å²) < 4.78 is 39.4. The zero-order chi connectivity index (χ0) is 36.0. The summed E-state index contributed by atoms with van der Waals surface area (Å²) in [6.07, 6.45) is -2.88. The van der Waals surface area contributed by atoms with E-state index in [-0.39, 0.29) is 24.6 Å². The van der Waals surface area contributed by atoms with E-state index in [2.05, 4.69) is 5.32 Å². The Hall–Kier alpha value is -5.37. The minimum atomic E-state index is -5.08. The summed E-state index contributed by atoms with van der Waals surface area (Å²) in [7, 11) is 1.74. The van der Waals surface area contributed by atoms with Crippen molar-refractivity contribution in [3.8, 4) is 5.75 Å². The van der Waals surface area contributed by atoms with E-state index < -0.39 is 30.1 Å². The van der Waals surface area contributed by atoms with Gasteiger partial charge in [-0.15, -0.1) is 0 Å². The molecule has 49 heavy (non-hydrogen) atoms. The molecule has 0 saturated heterocycles. The maximum Gasteiger partial charge on any atom is 0.490 e. The second-order valence-corrected chi connectivity index (χ2v) is 11.1. The number of amides is 2. The fourth-order valence-electron chi connectivity index (χ4n) is 4.74. The highest BCUT2D eigenvalue weighted by Crippen LogP contribution is 2.26. The van der Waals surface area contributed by atoms with E-state index in [1.165, 1.54) is 0 Å². The Bertz CT molecular complexity index is 1700. The highest BCUT2D eigenvalue weighted by molar-refractivity contribution is 6.01. The number of rotatable bonds is 15. The highest BCUT2D eigenvalue weighted by atomic mass is 19.4. The summed E-state index contributed by atoms with van der Waals surface area (Å²) in [4.78, 5) is 49.2. The summed E-state index contributed by atoms with van der Waals surface area (Å²) in [5.74, 6) is -3.98. The molecule has 0 radical (unpaired) electrons. The van der Waals surface area contributed by atoms with Crippen molar-refractivity contribution >= 4 is 34.7 Å². The maximum absolute atomic E-state index is 13.5. The molecule has 4 rings (SSSR count). The predicted molar refractivity (Wildman–Crippen MR) is 176 cm³/mol. The normalized spacial score (nSPS) is 11.6. The van der Waals surface area contributed by atoms with Crippen LogP contribution >= 0.6 is 0 Å². The van der Waals surface area contributed by atoms with Gasteiger partial charge in [-0.2, -0.15) is 13.2 Å². The molecule has 2 amide bonds. The zero-order valence-electron chi connectivity index (χ0n) is 26.9. The quantitative estimate of drug-likeness (QED) is 0.129. The molecule has 1 unspecified atom stereocenters. The van der Waals surface area contributed by atoms with Crippen molar-refractivity contribution < 1.29 is 47.3 Å². The van der Waals surface area contributed by atoms with Gasteiger partial charge in [0.15, 0.2) is 0 Å². The van der Waals surface area contributed by atoms with Gasteiger partial charge in [0.25, 0.3) is 5.91 Å². The standard InChI is InChI=1S/C33H38N4O5.C2HF3O2/c1-36(19-17-24-10-4-2-5-11-24)31(38)22-37-29-16-15-27(42-23-25-12-6-3-7-13-25)20-26(29)21-30(37)32(39)35-28(33(40)41)14-8-9-18-34;3-2(4,5)1(6)7/h2-7,10-13,15-16,20-21,28H,8-9,14,17-19,22-23,34H2,1H3,(H,35,39)(H,40,41);(H,6,7). The summed E-state index contributed by atoms with van der Waals surface area (Å²) in [5.41, 5.74) is 8.58. The van der Waals surface area contributed by atoms with E-state index in [1.54, 1.807) is 28.6 Å². The molecule has 1 aromatic heterocycles. The number of likely N-dealkylation sites (N-methyl/N-ethyl adjacent to an activating group) is 1. The predicted octanol–water partition coefficient (Wildman–Crippen LogP) is 4.87. The third-order valence-electron chi connectivity index (χ3n) is 7.44. The number of halogens is 3. The second-order valence-electron chi connectivity index (χ2n) is 11.1. The van der Waals surface area contributed by atoms with Crippen molar-refractivity contribution in [1.29, 1.82) is 0 Å².